The van der Waals surface area contributed by atoms with Crippen LogP contribution in [0, 0.1) is 5.92 Å². The van der Waals surface area contributed by atoms with Gasteiger partial charge in [0, 0.05) is 44.1 Å². The van der Waals surface area contributed by atoms with Crippen molar-refractivity contribution >= 4 is 5.91 Å². The smallest absolute Gasteiger partial charge is 0.254 e. The van der Waals surface area contributed by atoms with Crippen molar-refractivity contribution in [1.29, 1.82) is 0 Å². The molecule has 24 heavy (non-hydrogen) atoms. The number of aliphatic hydroxyl groups is 1. The molecule has 1 aromatic rings. The number of carbonyl (C=O) groups excluding carboxylic acids is 1. The first-order valence-electron chi connectivity index (χ1n) is 9.32. The maximum absolute atomic E-state index is 12.5. The lowest BCUT2D eigenvalue weighted by Gasteiger charge is -2.25. The summed E-state index contributed by atoms with van der Waals surface area (Å²) < 4.78 is 0. The number of hydrogen-bond donors (Lipinski definition) is 1. The summed E-state index contributed by atoms with van der Waals surface area (Å²) in [6, 6.07) is 3.55. The van der Waals surface area contributed by atoms with Gasteiger partial charge < -0.3 is 10.0 Å². The number of nitrogens with zero attached hydrogens (tertiary/aromatic N) is 3. The van der Waals surface area contributed by atoms with Crippen molar-refractivity contribution in [3.63, 3.8) is 0 Å². The summed E-state index contributed by atoms with van der Waals surface area (Å²) in [5.41, 5.74) is 0.708. The van der Waals surface area contributed by atoms with Gasteiger partial charge >= 0.3 is 0 Å². The summed E-state index contributed by atoms with van der Waals surface area (Å²) in [5.74, 6) is 0.808. The summed E-state index contributed by atoms with van der Waals surface area (Å²) in [7, 11) is 0. The van der Waals surface area contributed by atoms with E-state index in [9.17, 15) is 9.90 Å². The molecule has 132 valence electrons. The van der Waals surface area contributed by atoms with Crippen molar-refractivity contribution in [3.8, 4) is 0 Å². The van der Waals surface area contributed by atoms with Gasteiger partial charge in [-0.2, -0.15) is 0 Å². The van der Waals surface area contributed by atoms with Crippen molar-refractivity contribution in [2.24, 2.45) is 5.92 Å². The van der Waals surface area contributed by atoms with Crippen LogP contribution in [-0.4, -0.2) is 64.6 Å². The first-order valence-corrected chi connectivity index (χ1v) is 9.32. The first kappa shape index (κ1) is 17.4. The number of hydrogen-bond acceptors (Lipinski definition) is 4. The SMILES string of the molecule is O=C(c1ccncc1)N1CCCN(CC(O)CC2CCCC2)CC1. The summed E-state index contributed by atoms with van der Waals surface area (Å²) in [4.78, 5) is 20.8. The molecule has 0 aromatic carbocycles. The lowest BCUT2D eigenvalue weighted by Crippen LogP contribution is -2.38. The Kier molecular flexibility index (Phi) is 6.21. The van der Waals surface area contributed by atoms with Crippen molar-refractivity contribution in [1.82, 2.24) is 14.8 Å². The van der Waals surface area contributed by atoms with Crippen LogP contribution in [0.5, 0.6) is 0 Å². The average Bonchev–Trinajstić information content (AvgIpc) is 2.99. The lowest BCUT2D eigenvalue weighted by molar-refractivity contribution is 0.0746. The molecule has 1 unspecified atom stereocenters. The van der Waals surface area contributed by atoms with Gasteiger partial charge in [-0.3, -0.25) is 14.7 Å². The van der Waals surface area contributed by atoms with E-state index < -0.39 is 0 Å². The highest BCUT2D eigenvalue weighted by Gasteiger charge is 2.23. The second-order valence-corrected chi connectivity index (χ2v) is 7.22. The Morgan fingerprint density at radius 3 is 2.62 bits per heavy atom. The summed E-state index contributed by atoms with van der Waals surface area (Å²) in [6.45, 7) is 4.07. The van der Waals surface area contributed by atoms with Crippen molar-refractivity contribution in [2.75, 3.05) is 32.7 Å². The fraction of sp³-hybridized carbons (Fsp3) is 0.684. The number of β-amino-alcohol motifs (C(OH)–C–C–N with tert-alkyl or cyclic N) is 1. The molecule has 1 atom stereocenters. The monoisotopic (exact) mass is 331 g/mol. The minimum atomic E-state index is -0.226. The normalized spacial score (nSPS) is 21.6. The molecule has 0 radical (unpaired) electrons. The summed E-state index contributed by atoms with van der Waals surface area (Å²) in [5, 5.41) is 10.4. The van der Waals surface area contributed by atoms with Crippen LogP contribution < -0.4 is 0 Å². The molecular formula is C19H29N3O2. The van der Waals surface area contributed by atoms with E-state index in [1.807, 2.05) is 4.90 Å². The van der Waals surface area contributed by atoms with Gasteiger partial charge in [0.25, 0.3) is 5.91 Å². The number of aliphatic hydroxyl groups excluding tert-OH is 1. The quantitative estimate of drug-likeness (QED) is 0.898. The second-order valence-electron chi connectivity index (χ2n) is 7.22. The lowest BCUT2D eigenvalue weighted by atomic mass is 10.00. The minimum Gasteiger partial charge on any atom is -0.392 e. The molecule has 1 N–H and O–H groups in total. The summed E-state index contributed by atoms with van der Waals surface area (Å²) in [6.07, 6.45) is 10.2. The highest BCUT2D eigenvalue weighted by atomic mass is 16.3. The molecular weight excluding hydrogens is 302 g/mol. The Hall–Kier alpha value is -1.46. The highest BCUT2D eigenvalue weighted by Crippen LogP contribution is 2.28. The van der Waals surface area contributed by atoms with E-state index in [-0.39, 0.29) is 12.0 Å². The summed E-state index contributed by atoms with van der Waals surface area (Å²) >= 11 is 0. The van der Waals surface area contributed by atoms with Gasteiger partial charge in [0.05, 0.1) is 6.10 Å². The molecule has 1 aliphatic heterocycles. The van der Waals surface area contributed by atoms with Crippen molar-refractivity contribution in [3.05, 3.63) is 30.1 Å². The van der Waals surface area contributed by atoms with Crippen LogP contribution in [0.25, 0.3) is 0 Å². The third kappa shape index (κ3) is 4.77. The average molecular weight is 331 g/mol. The van der Waals surface area contributed by atoms with Gasteiger partial charge in [0.2, 0.25) is 0 Å². The standard InChI is InChI=1S/C19H29N3O2/c23-18(14-16-4-1-2-5-16)15-21-10-3-11-22(13-12-21)19(24)17-6-8-20-9-7-17/h6-9,16,18,23H,1-5,10-15H2. The number of carbonyl (C=O) groups is 1. The fourth-order valence-corrected chi connectivity index (χ4v) is 4.04. The molecule has 1 saturated carbocycles. The number of aromatic nitrogens is 1. The minimum absolute atomic E-state index is 0.0887. The van der Waals surface area contributed by atoms with Crippen LogP contribution >= 0.6 is 0 Å². The Bertz CT molecular complexity index is 517. The Morgan fingerprint density at radius 2 is 1.88 bits per heavy atom. The zero-order valence-electron chi connectivity index (χ0n) is 14.4. The van der Waals surface area contributed by atoms with Gasteiger partial charge in [-0.25, -0.2) is 0 Å². The first-order chi connectivity index (χ1) is 11.7. The highest BCUT2D eigenvalue weighted by molar-refractivity contribution is 5.94. The topological polar surface area (TPSA) is 56.7 Å². The van der Waals surface area contributed by atoms with Crippen LogP contribution in [0.3, 0.4) is 0 Å². The van der Waals surface area contributed by atoms with Crippen LogP contribution in [0.1, 0.15) is 48.9 Å². The van der Waals surface area contributed by atoms with E-state index in [1.165, 1.54) is 25.7 Å². The zero-order valence-corrected chi connectivity index (χ0v) is 14.4. The maximum Gasteiger partial charge on any atom is 0.254 e. The van der Waals surface area contributed by atoms with E-state index in [1.54, 1.807) is 24.5 Å². The number of amides is 1. The largest absolute Gasteiger partial charge is 0.392 e. The number of pyridine rings is 1. The number of rotatable bonds is 5. The van der Waals surface area contributed by atoms with Gasteiger partial charge in [0.1, 0.15) is 0 Å². The van der Waals surface area contributed by atoms with E-state index in [0.29, 0.717) is 5.56 Å². The molecule has 2 fully saturated rings. The van der Waals surface area contributed by atoms with E-state index in [0.717, 1.165) is 51.5 Å². The zero-order chi connectivity index (χ0) is 16.8. The van der Waals surface area contributed by atoms with Gasteiger partial charge in [-0.15, -0.1) is 0 Å². The van der Waals surface area contributed by atoms with Gasteiger partial charge in [-0.1, -0.05) is 25.7 Å². The molecule has 5 heteroatoms. The van der Waals surface area contributed by atoms with Crippen LogP contribution in [0.15, 0.2) is 24.5 Å². The molecule has 2 aliphatic rings. The predicted molar refractivity (Wildman–Crippen MR) is 93.8 cm³/mol. The third-order valence-corrected chi connectivity index (χ3v) is 5.35. The molecule has 0 bridgehead atoms. The second kappa shape index (κ2) is 8.58. The predicted octanol–water partition coefficient (Wildman–Crippen LogP) is 2.17. The fourth-order valence-electron chi connectivity index (χ4n) is 4.04. The molecule has 3 rings (SSSR count). The molecule has 5 nitrogen and oxygen atoms in total. The van der Waals surface area contributed by atoms with Crippen molar-refractivity contribution < 1.29 is 9.90 Å². The Balaban J connectivity index is 1.47. The molecule has 0 spiro atoms. The molecule has 1 aromatic heterocycles. The Morgan fingerprint density at radius 1 is 1.12 bits per heavy atom. The van der Waals surface area contributed by atoms with E-state index in [2.05, 4.69) is 9.88 Å². The molecule has 1 aliphatic carbocycles. The molecule has 2 heterocycles. The maximum atomic E-state index is 12.5. The van der Waals surface area contributed by atoms with Crippen LogP contribution in [-0.2, 0) is 0 Å². The molecule has 1 saturated heterocycles. The van der Waals surface area contributed by atoms with E-state index >= 15 is 0 Å². The van der Waals surface area contributed by atoms with E-state index in [4.69, 9.17) is 0 Å². The molecule has 1 amide bonds. The third-order valence-electron chi connectivity index (χ3n) is 5.35. The van der Waals surface area contributed by atoms with Crippen LogP contribution in [0.4, 0.5) is 0 Å². The van der Waals surface area contributed by atoms with Crippen molar-refractivity contribution in [2.45, 2.75) is 44.6 Å². The van der Waals surface area contributed by atoms with Crippen LogP contribution in [0.2, 0.25) is 0 Å². The van der Waals surface area contributed by atoms with Gasteiger partial charge in [-0.05, 0) is 37.4 Å². The van der Waals surface area contributed by atoms with Gasteiger partial charge in [0.15, 0.2) is 0 Å². The Labute approximate surface area is 144 Å².